The number of nitrogens with zero attached hydrogens (tertiary/aromatic N) is 2. The van der Waals surface area contributed by atoms with E-state index >= 15 is 0 Å². The van der Waals surface area contributed by atoms with Gasteiger partial charge in [0, 0.05) is 22.6 Å². The van der Waals surface area contributed by atoms with Crippen LogP contribution >= 0.6 is 23.1 Å². The highest BCUT2D eigenvalue weighted by Crippen LogP contribution is 2.33. The molecule has 3 rings (SSSR count). The molecular weight excluding hydrogens is 430 g/mol. The number of benzene rings is 1. The number of anilines is 1. The number of thioether (sulfide) groups is 1. The van der Waals surface area contributed by atoms with Crippen LogP contribution in [0.25, 0.3) is 11.3 Å². The van der Waals surface area contributed by atoms with Crippen LogP contribution in [0.3, 0.4) is 0 Å². The maximum atomic E-state index is 12.5. The molecule has 2 aromatic heterocycles. The lowest BCUT2D eigenvalue weighted by molar-refractivity contribution is -0.115. The maximum Gasteiger partial charge on any atom is 0.341 e. The van der Waals surface area contributed by atoms with Crippen LogP contribution in [0, 0.1) is 20.8 Å². The van der Waals surface area contributed by atoms with Gasteiger partial charge >= 0.3 is 5.97 Å². The molecule has 1 aromatic carbocycles. The van der Waals surface area contributed by atoms with Crippen molar-refractivity contribution >= 4 is 40.0 Å². The average molecular weight is 456 g/mol. The molecule has 1 amide bonds. The van der Waals surface area contributed by atoms with E-state index in [2.05, 4.69) is 15.3 Å². The molecule has 0 aliphatic heterocycles. The van der Waals surface area contributed by atoms with Gasteiger partial charge in [0.1, 0.15) is 15.9 Å². The summed E-state index contributed by atoms with van der Waals surface area (Å²) in [4.78, 5) is 34.8. The van der Waals surface area contributed by atoms with Crippen LogP contribution in [0.2, 0.25) is 0 Å². The zero-order valence-electron chi connectivity index (χ0n) is 18.0. The third-order valence-corrected chi connectivity index (χ3v) is 6.62. The number of esters is 1. The van der Waals surface area contributed by atoms with Crippen LogP contribution in [-0.2, 0) is 9.53 Å². The first-order chi connectivity index (χ1) is 14.9. The Morgan fingerprint density at radius 1 is 1.13 bits per heavy atom. The van der Waals surface area contributed by atoms with Crippen LogP contribution in [0.1, 0.15) is 40.0 Å². The summed E-state index contributed by atoms with van der Waals surface area (Å²) < 4.78 is 5.14. The van der Waals surface area contributed by atoms with Crippen molar-refractivity contribution in [3.63, 3.8) is 0 Å². The van der Waals surface area contributed by atoms with Gasteiger partial charge in [0.15, 0.2) is 0 Å². The molecule has 0 fully saturated rings. The Balaban J connectivity index is 1.62. The number of hydrogen-bond acceptors (Lipinski definition) is 7. The number of carbonyl (C=O) groups excluding carboxylic acids is 2. The zero-order valence-corrected chi connectivity index (χ0v) is 19.7. The SMILES string of the molecule is CCOC(=O)c1c(NC(=O)CCSc2cc(-c3ccccc3)nc(C)n2)sc(C)c1C. The quantitative estimate of drug-likeness (QED) is 0.277. The molecule has 0 aliphatic rings. The molecule has 31 heavy (non-hydrogen) atoms. The smallest absolute Gasteiger partial charge is 0.341 e. The van der Waals surface area contributed by atoms with Crippen molar-refractivity contribution in [1.29, 1.82) is 0 Å². The Hall–Kier alpha value is -2.71. The van der Waals surface area contributed by atoms with Gasteiger partial charge in [-0.15, -0.1) is 23.1 Å². The minimum absolute atomic E-state index is 0.145. The van der Waals surface area contributed by atoms with E-state index in [0.717, 1.165) is 26.7 Å². The number of aromatic nitrogens is 2. The molecule has 3 aromatic rings. The van der Waals surface area contributed by atoms with Crippen molar-refractivity contribution < 1.29 is 14.3 Å². The second kappa shape index (κ2) is 10.5. The molecular formula is C23H25N3O3S2. The average Bonchev–Trinajstić information content (AvgIpc) is 3.01. The van der Waals surface area contributed by atoms with Crippen LogP contribution < -0.4 is 5.32 Å². The zero-order chi connectivity index (χ0) is 22.4. The summed E-state index contributed by atoms with van der Waals surface area (Å²) in [5.41, 5.74) is 3.19. The van der Waals surface area contributed by atoms with E-state index in [1.807, 2.05) is 57.2 Å². The van der Waals surface area contributed by atoms with Gasteiger partial charge in [-0.2, -0.15) is 0 Å². The minimum Gasteiger partial charge on any atom is -0.462 e. The molecule has 0 radical (unpaired) electrons. The number of amides is 1. The number of hydrogen-bond donors (Lipinski definition) is 1. The van der Waals surface area contributed by atoms with Crippen molar-refractivity contribution in [2.45, 2.75) is 39.1 Å². The van der Waals surface area contributed by atoms with E-state index in [0.29, 0.717) is 35.2 Å². The fourth-order valence-electron chi connectivity index (χ4n) is 2.97. The van der Waals surface area contributed by atoms with Gasteiger partial charge in [-0.1, -0.05) is 30.3 Å². The lowest BCUT2D eigenvalue weighted by atomic mass is 10.1. The molecule has 162 valence electrons. The molecule has 8 heteroatoms. The van der Waals surface area contributed by atoms with Gasteiger partial charge < -0.3 is 10.1 Å². The van der Waals surface area contributed by atoms with E-state index in [-0.39, 0.29) is 5.91 Å². The van der Waals surface area contributed by atoms with Gasteiger partial charge in [0.05, 0.1) is 17.9 Å². The summed E-state index contributed by atoms with van der Waals surface area (Å²) in [6.45, 7) is 7.71. The molecule has 2 heterocycles. The molecule has 1 N–H and O–H groups in total. The van der Waals surface area contributed by atoms with Crippen molar-refractivity contribution in [3.05, 3.63) is 58.2 Å². The first kappa shape index (κ1) is 23.0. The topological polar surface area (TPSA) is 81.2 Å². The molecule has 0 bridgehead atoms. The maximum absolute atomic E-state index is 12.5. The monoisotopic (exact) mass is 455 g/mol. The number of nitrogens with one attached hydrogen (secondary N) is 1. The molecule has 0 unspecified atom stereocenters. The molecule has 0 spiro atoms. The van der Waals surface area contributed by atoms with Crippen LogP contribution in [0.4, 0.5) is 5.00 Å². The number of thiophene rings is 1. The Morgan fingerprint density at radius 3 is 2.58 bits per heavy atom. The Morgan fingerprint density at radius 2 is 1.87 bits per heavy atom. The molecule has 0 saturated heterocycles. The van der Waals surface area contributed by atoms with Crippen LogP contribution in [0.5, 0.6) is 0 Å². The minimum atomic E-state index is -0.404. The van der Waals surface area contributed by atoms with Crippen molar-refractivity contribution in [2.75, 3.05) is 17.7 Å². The summed E-state index contributed by atoms with van der Waals surface area (Å²) in [5, 5.41) is 4.26. The lowest BCUT2D eigenvalue weighted by Crippen LogP contribution is -2.15. The Kier molecular flexibility index (Phi) is 7.81. The fraction of sp³-hybridized carbons (Fsp3) is 0.304. The molecule has 0 atom stereocenters. The van der Waals surface area contributed by atoms with Gasteiger partial charge in [0.2, 0.25) is 5.91 Å². The summed E-state index contributed by atoms with van der Waals surface area (Å²) >= 11 is 2.90. The van der Waals surface area contributed by atoms with Gasteiger partial charge in [0.25, 0.3) is 0 Å². The van der Waals surface area contributed by atoms with E-state index < -0.39 is 5.97 Å². The second-order valence-corrected chi connectivity index (χ2v) is 9.20. The van der Waals surface area contributed by atoms with Crippen LogP contribution in [-0.4, -0.2) is 34.2 Å². The van der Waals surface area contributed by atoms with Gasteiger partial charge in [-0.3, -0.25) is 4.79 Å². The number of rotatable bonds is 8. The predicted octanol–water partition coefficient (Wildman–Crippen LogP) is 5.43. The highest BCUT2D eigenvalue weighted by Gasteiger charge is 2.22. The normalized spacial score (nSPS) is 10.7. The first-order valence-electron chi connectivity index (χ1n) is 10.00. The van der Waals surface area contributed by atoms with Crippen molar-refractivity contribution in [2.24, 2.45) is 0 Å². The van der Waals surface area contributed by atoms with E-state index in [1.165, 1.54) is 23.1 Å². The van der Waals surface area contributed by atoms with Crippen molar-refractivity contribution in [1.82, 2.24) is 9.97 Å². The van der Waals surface area contributed by atoms with Crippen molar-refractivity contribution in [3.8, 4) is 11.3 Å². The highest BCUT2D eigenvalue weighted by molar-refractivity contribution is 7.99. The third kappa shape index (κ3) is 5.92. The second-order valence-electron chi connectivity index (χ2n) is 6.86. The summed E-state index contributed by atoms with van der Waals surface area (Å²) in [6.07, 6.45) is 0.298. The molecule has 0 aliphatic carbocycles. The number of carbonyl (C=O) groups is 2. The molecule has 0 saturated carbocycles. The highest BCUT2D eigenvalue weighted by atomic mass is 32.2. The lowest BCUT2D eigenvalue weighted by Gasteiger charge is -2.08. The summed E-state index contributed by atoms with van der Waals surface area (Å²) in [6, 6.07) is 11.9. The summed E-state index contributed by atoms with van der Waals surface area (Å²) in [5.74, 6) is 0.707. The molecule has 6 nitrogen and oxygen atoms in total. The first-order valence-corrected chi connectivity index (χ1v) is 11.8. The number of aryl methyl sites for hydroxylation is 2. The van der Waals surface area contributed by atoms with Gasteiger partial charge in [-0.05, 0) is 39.3 Å². The Labute approximate surface area is 190 Å². The van der Waals surface area contributed by atoms with E-state index in [1.54, 1.807) is 6.92 Å². The van der Waals surface area contributed by atoms with E-state index in [4.69, 9.17) is 4.74 Å². The standard InChI is InChI=1S/C23H25N3O3S2/c1-5-29-23(28)21-14(2)15(3)31-22(21)26-19(27)11-12-30-20-13-18(24-16(4)25-20)17-9-7-6-8-10-17/h6-10,13H,5,11-12H2,1-4H3,(H,26,27). The van der Waals surface area contributed by atoms with Gasteiger partial charge in [-0.25, -0.2) is 14.8 Å². The predicted molar refractivity (Wildman–Crippen MR) is 126 cm³/mol. The van der Waals surface area contributed by atoms with E-state index in [9.17, 15) is 9.59 Å². The fourth-order valence-corrected chi connectivity index (χ4v) is 4.93. The van der Waals surface area contributed by atoms with Crippen LogP contribution in [0.15, 0.2) is 41.4 Å². The Bertz CT molecular complexity index is 1080. The number of ether oxygens (including phenoxy) is 1. The third-order valence-electron chi connectivity index (χ3n) is 4.58. The summed E-state index contributed by atoms with van der Waals surface area (Å²) in [7, 11) is 0. The largest absolute Gasteiger partial charge is 0.462 e.